The molecule has 0 bridgehead atoms. The molecule has 2 rings (SSSR count). The molecule has 0 aliphatic carbocycles. The van der Waals surface area contributed by atoms with Crippen LogP contribution < -0.4 is 11.1 Å². The maximum atomic E-state index is 13.8. The second-order valence-electron chi connectivity index (χ2n) is 4.59. The molecule has 4 nitrogen and oxygen atoms in total. The lowest BCUT2D eigenvalue weighted by molar-refractivity contribution is 0.0622. The van der Waals surface area contributed by atoms with Crippen LogP contribution in [0.25, 0.3) is 0 Å². The molecule has 18 heavy (non-hydrogen) atoms. The third-order valence-corrected chi connectivity index (χ3v) is 3.02. The summed E-state index contributed by atoms with van der Waals surface area (Å²) in [6.07, 6.45) is 1.76. The second kappa shape index (κ2) is 5.35. The van der Waals surface area contributed by atoms with Crippen molar-refractivity contribution in [2.75, 3.05) is 18.9 Å². The van der Waals surface area contributed by atoms with E-state index in [-0.39, 0.29) is 11.6 Å². The summed E-state index contributed by atoms with van der Waals surface area (Å²) in [6.45, 7) is 2.79. The lowest BCUT2D eigenvalue weighted by atomic mass is 10.1. The van der Waals surface area contributed by atoms with Crippen LogP contribution >= 0.6 is 0 Å². The number of nitrogens with two attached hydrogens (primary N) is 1. The third-order valence-electron chi connectivity index (χ3n) is 3.02. The van der Waals surface area contributed by atoms with Gasteiger partial charge in [-0.3, -0.25) is 4.79 Å². The van der Waals surface area contributed by atoms with Crippen LogP contribution in [0.15, 0.2) is 12.1 Å². The molecular weight excluding hydrogens is 235 g/mol. The smallest absolute Gasteiger partial charge is 0.254 e. The Kier molecular flexibility index (Phi) is 3.81. The van der Waals surface area contributed by atoms with Gasteiger partial charge in [-0.05, 0) is 37.5 Å². The number of anilines is 1. The molecule has 3 N–H and O–H groups in total. The van der Waals surface area contributed by atoms with E-state index in [9.17, 15) is 9.18 Å². The molecule has 1 atom stereocenters. The zero-order valence-electron chi connectivity index (χ0n) is 10.3. The molecular formula is C13H17FN2O2. The topological polar surface area (TPSA) is 64.4 Å². The third kappa shape index (κ3) is 2.79. The largest absolute Gasteiger partial charge is 0.399 e. The number of hydrogen-bond acceptors (Lipinski definition) is 3. The first-order chi connectivity index (χ1) is 8.58. The minimum atomic E-state index is -0.515. The average molecular weight is 252 g/mol. The molecule has 0 radical (unpaired) electrons. The molecule has 1 heterocycles. The first-order valence-electron chi connectivity index (χ1n) is 6.02. The van der Waals surface area contributed by atoms with Gasteiger partial charge in [-0.15, -0.1) is 0 Å². The van der Waals surface area contributed by atoms with Crippen LogP contribution in [0.1, 0.15) is 28.8 Å². The van der Waals surface area contributed by atoms with Gasteiger partial charge in [-0.2, -0.15) is 0 Å². The van der Waals surface area contributed by atoms with E-state index in [4.69, 9.17) is 10.5 Å². The Bertz CT molecular complexity index is 457. The predicted octanol–water partition coefficient (Wildman–Crippen LogP) is 1.63. The van der Waals surface area contributed by atoms with Crippen molar-refractivity contribution in [1.29, 1.82) is 0 Å². The van der Waals surface area contributed by atoms with Crippen LogP contribution in [0.2, 0.25) is 0 Å². The number of hydrogen-bond donors (Lipinski definition) is 2. The van der Waals surface area contributed by atoms with E-state index >= 15 is 0 Å². The van der Waals surface area contributed by atoms with Crippen molar-refractivity contribution < 1.29 is 13.9 Å². The van der Waals surface area contributed by atoms with E-state index < -0.39 is 11.7 Å². The molecule has 5 heteroatoms. The minimum absolute atomic E-state index is 0.00178. The van der Waals surface area contributed by atoms with Gasteiger partial charge in [0.25, 0.3) is 5.91 Å². The van der Waals surface area contributed by atoms with E-state index in [2.05, 4.69) is 5.32 Å². The Morgan fingerprint density at radius 1 is 1.56 bits per heavy atom. The fraction of sp³-hybridized carbons (Fsp3) is 0.462. The molecule has 1 unspecified atom stereocenters. The first-order valence-corrected chi connectivity index (χ1v) is 6.02. The summed E-state index contributed by atoms with van der Waals surface area (Å²) in [6, 6.07) is 2.82. The van der Waals surface area contributed by atoms with E-state index in [0.29, 0.717) is 17.9 Å². The monoisotopic (exact) mass is 252 g/mol. The maximum absolute atomic E-state index is 13.8. The minimum Gasteiger partial charge on any atom is -0.399 e. The molecule has 98 valence electrons. The summed E-state index contributed by atoms with van der Waals surface area (Å²) in [5, 5.41) is 2.77. The highest BCUT2D eigenvalue weighted by Gasteiger charge is 2.20. The highest BCUT2D eigenvalue weighted by Crippen LogP contribution is 2.17. The van der Waals surface area contributed by atoms with Gasteiger partial charge in [-0.25, -0.2) is 4.39 Å². The van der Waals surface area contributed by atoms with E-state index in [0.717, 1.165) is 19.4 Å². The first kappa shape index (κ1) is 12.8. The summed E-state index contributed by atoms with van der Waals surface area (Å²) >= 11 is 0. The zero-order valence-corrected chi connectivity index (χ0v) is 10.3. The molecule has 1 aliphatic rings. The molecule has 0 saturated carbocycles. The fourth-order valence-corrected chi connectivity index (χ4v) is 2.08. The van der Waals surface area contributed by atoms with Crippen LogP contribution in [0, 0.1) is 12.7 Å². The number of benzene rings is 1. The summed E-state index contributed by atoms with van der Waals surface area (Å²) in [7, 11) is 0. The SMILES string of the molecule is Cc1cc(N)cc(C(=O)NC2CCCOC2)c1F. The highest BCUT2D eigenvalue weighted by atomic mass is 19.1. The molecule has 1 saturated heterocycles. The number of carbonyl (C=O) groups is 1. The number of ether oxygens (including phenoxy) is 1. The van der Waals surface area contributed by atoms with Crippen molar-refractivity contribution in [2.45, 2.75) is 25.8 Å². The lowest BCUT2D eigenvalue weighted by Gasteiger charge is -2.23. The molecule has 1 aliphatic heterocycles. The highest BCUT2D eigenvalue weighted by molar-refractivity contribution is 5.95. The molecule has 1 fully saturated rings. The number of amides is 1. The number of carbonyl (C=O) groups excluding carboxylic acids is 1. The van der Waals surface area contributed by atoms with Crippen molar-refractivity contribution in [3.05, 3.63) is 29.1 Å². The summed E-state index contributed by atoms with van der Waals surface area (Å²) in [4.78, 5) is 12.0. The molecule has 1 amide bonds. The Morgan fingerprint density at radius 3 is 3.00 bits per heavy atom. The van der Waals surface area contributed by atoms with Gasteiger partial charge in [-0.1, -0.05) is 0 Å². The molecule has 0 aromatic heterocycles. The van der Waals surface area contributed by atoms with Crippen molar-refractivity contribution in [2.24, 2.45) is 0 Å². The summed E-state index contributed by atoms with van der Waals surface area (Å²) in [5.74, 6) is -0.947. The zero-order chi connectivity index (χ0) is 13.1. The Hall–Kier alpha value is -1.62. The quantitative estimate of drug-likeness (QED) is 0.786. The van der Waals surface area contributed by atoms with Crippen molar-refractivity contribution in [3.8, 4) is 0 Å². The van der Waals surface area contributed by atoms with Crippen LogP contribution in [0.3, 0.4) is 0 Å². The van der Waals surface area contributed by atoms with Crippen LogP contribution in [0.5, 0.6) is 0 Å². The standard InChI is InChI=1S/C13H17FN2O2/c1-8-5-9(15)6-11(12(8)14)13(17)16-10-3-2-4-18-7-10/h5-6,10H,2-4,7,15H2,1H3,(H,16,17). The second-order valence-corrected chi connectivity index (χ2v) is 4.59. The summed E-state index contributed by atoms with van der Waals surface area (Å²) in [5.41, 5.74) is 6.39. The lowest BCUT2D eigenvalue weighted by Crippen LogP contribution is -2.41. The van der Waals surface area contributed by atoms with E-state index in [1.165, 1.54) is 12.1 Å². The van der Waals surface area contributed by atoms with Gasteiger partial charge in [0.2, 0.25) is 0 Å². The van der Waals surface area contributed by atoms with Gasteiger partial charge in [0.15, 0.2) is 0 Å². The van der Waals surface area contributed by atoms with Crippen molar-refractivity contribution in [3.63, 3.8) is 0 Å². The molecule has 1 aromatic rings. The predicted molar refractivity (Wildman–Crippen MR) is 66.9 cm³/mol. The van der Waals surface area contributed by atoms with Crippen molar-refractivity contribution >= 4 is 11.6 Å². The molecule has 0 spiro atoms. The van der Waals surface area contributed by atoms with E-state index in [1.807, 2.05) is 0 Å². The van der Waals surface area contributed by atoms with Crippen LogP contribution in [0.4, 0.5) is 10.1 Å². The van der Waals surface area contributed by atoms with Gasteiger partial charge in [0.05, 0.1) is 18.2 Å². The number of aryl methyl sites for hydroxylation is 1. The van der Waals surface area contributed by atoms with E-state index in [1.54, 1.807) is 6.92 Å². The maximum Gasteiger partial charge on any atom is 0.254 e. The van der Waals surface area contributed by atoms with Gasteiger partial charge in [0.1, 0.15) is 5.82 Å². The Morgan fingerprint density at radius 2 is 2.33 bits per heavy atom. The summed E-state index contributed by atoms with van der Waals surface area (Å²) < 4.78 is 19.1. The number of halogens is 1. The normalized spacial score (nSPS) is 19.6. The van der Waals surface area contributed by atoms with Gasteiger partial charge < -0.3 is 15.8 Å². The van der Waals surface area contributed by atoms with Crippen LogP contribution in [-0.4, -0.2) is 25.2 Å². The molecule has 1 aromatic carbocycles. The van der Waals surface area contributed by atoms with Gasteiger partial charge in [0, 0.05) is 12.3 Å². The fourth-order valence-electron chi connectivity index (χ4n) is 2.08. The van der Waals surface area contributed by atoms with Gasteiger partial charge >= 0.3 is 0 Å². The Balaban J connectivity index is 2.13. The Labute approximate surface area is 105 Å². The number of nitrogen functional groups attached to an aromatic ring is 1. The van der Waals surface area contributed by atoms with Crippen molar-refractivity contribution in [1.82, 2.24) is 5.32 Å². The van der Waals surface area contributed by atoms with Crippen LogP contribution in [-0.2, 0) is 4.74 Å². The average Bonchev–Trinajstić information content (AvgIpc) is 2.35. The number of nitrogens with one attached hydrogen (secondary N) is 1. The number of rotatable bonds is 2.